The van der Waals surface area contributed by atoms with Crippen molar-refractivity contribution in [3.05, 3.63) is 23.5 Å². The van der Waals surface area contributed by atoms with E-state index in [1.165, 1.54) is 6.07 Å². The lowest BCUT2D eigenvalue weighted by molar-refractivity contribution is -0.275. The lowest BCUT2D eigenvalue weighted by Crippen LogP contribution is -2.19. The molecule has 4 N–H and O–H groups in total. The van der Waals surface area contributed by atoms with E-state index in [0.29, 0.717) is 0 Å². The third-order valence-corrected chi connectivity index (χ3v) is 1.68. The number of hydrogen-bond donors (Lipinski definition) is 2. The van der Waals surface area contributed by atoms with E-state index in [-0.39, 0.29) is 12.1 Å². The molecule has 0 saturated heterocycles. The molecule has 0 fully saturated rings. The standard InChI is InChI=1S/C8H8F4N2O/c9-5-2-1-4(3-13)6(14)7(5)15-8(10,11)12/h1-2H,3,13-14H2. The second kappa shape index (κ2) is 3.93. The zero-order valence-corrected chi connectivity index (χ0v) is 7.44. The quantitative estimate of drug-likeness (QED) is 0.594. The van der Waals surface area contributed by atoms with Gasteiger partial charge >= 0.3 is 6.36 Å². The Morgan fingerprint density at radius 2 is 1.87 bits per heavy atom. The molecule has 0 saturated carbocycles. The van der Waals surface area contributed by atoms with E-state index in [1.54, 1.807) is 0 Å². The van der Waals surface area contributed by atoms with Gasteiger partial charge in [-0.15, -0.1) is 13.2 Å². The highest BCUT2D eigenvalue weighted by atomic mass is 19.4. The molecular formula is C8H8F4N2O. The first-order valence-corrected chi connectivity index (χ1v) is 3.88. The zero-order chi connectivity index (χ0) is 11.6. The maximum Gasteiger partial charge on any atom is 0.573 e. The smallest absolute Gasteiger partial charge is 0.400 e. The predicted molar refractivity (Wildman–Crippen MR) is 45.4 cm³/mol. The van der Waals surface area contributed by atoms with Crippen LogP contribution >= 0.6 is 0 Å². The Labute approximate surface area is 82.6 Å². The SMILES string of the molecule is NCc1ccc(F)c(OC(F)(F)F)c1N. The monoisotopic (exact) mass is 224 g/mol. The van der Waals surface area contributed by atoms with Crippen LogP contribution in [0.2, 0.25) is 0 Å². The van der Waals surface area contributed by atoms with Crippen molar-refractivity contribution in [3.63, 3.8) is 0 Å². The highest BCUT2D eigenvalue weighted by molar-refractivity contribution is 5.59. The summed E-state index contributed by atoms with van der Waals surface area (Å²) < 4.78 is 52.0. The molecule has 0 aliphatic rings. The first-order chi connectivity index (χ1) is 6.85. The van der Waals surface area contributed by atoms with Crippen molar-refractivity contribution in [2.45, 2.75) is 12.9 Å². The number of nitrogen functional groups attached to an aromatic ring is 1. The molecule has 1 aromatic rings. The Hall–Kier alpha value is -1.50. The van der Waals surface area contributed by atoms with Crippen molar-refractivity contribution in [1.82, 2.24) is 0 Å². The Morgan fingerprint density at radius 1 is 1.27 bits per heavy atom. The zero-order valence-electron chi connectivity index (χ0n) is 7.44. The van der Waals surface area contributed by atoms with Crippen LogP contribution in [-0.2, 0) is 6.54 Å². The first kappa shape index (κ1) is 11.6. The molecule has 0 amide bonds. The minimum Gasteiger partial charge on any atom is -0.400 e. The average molecular weight is 224 g/mol. The molecule has 0 bridgehead atoms. The van der Waals surface area contributed by atoms with Gasteiger partial charge in [-0.3, -0.25) is 0 Å². The summed E-state index contributed by atoms with van der Waals surface area (Å²) in [4.78, 5) is 0. The number of halogens is 4. The minimum absolute atomic E-state index is 0.0969. The van der Waals surface area contributed by atoms with E-state index in [2.05, 4.69) is 4.74 Å². The van der Waals surface area contributed by atoms with Gasteiger partial charge in [0.15, 0.2) is 11.6 Å². The van der Waals surface area contributed by atoms with Crippen LogP contribution in [0.3, 0.4) is 0 Å². The van der Waals surface area contributed by atoms with Crippen LogP contribution in [0.4, 0.5) is 23.2 Å². The molecule has 0 aliphatic carbocycles. The topological polar surface area (TPSA) is 61.3 Å². The molecule has 84 valence electrons. The largest absolute Gasteiger partial charge is 0.573 e. The van der Waals surface area contributed by atoms with Gasteiger partial charge in [0.05, 0.1) is 5.69 Å². The van der Waals surface area contributed by atoms with Crippen molar-refractivity contribution < 1.29 is 22.3 Å². The Bertz CT molecular complexity index is 364. The van der Waals surface area contributed by atoms with Crippen LogP contribution in [0.25, 0.3) is 0 Å². The van der Waals surface area contributed by atoms with E-state index < -0.39 is 23.6 Å². The van der Waals surface area contributed by atoms with Crippen molar-refractivity contribution in [2.24, 2.45) is 5.73 Å². The minimum atomic E-state index is -4.98. The average Bonchev–Trinajstić information content (AvgIpc) is 2.11. The molecular weight excluding hydrogens is 216 g/mol. The number of anilines is 1. The maximum atomic E-state index is 13.0. The van der Waals surface area contributed by atoms with Crippen LogP contribution < -0.4 is 16.2 Å². The Kier molecular flexibility index (Phi) is 3.04. The van der Waals surface area contributed by atoms with E-state index in [9.17, 15) is 17.6 Å². The summed E-state index contributed by atoms with van der Waals surface area (Å²) in [5.74, 6) is -2.22. The van der Waals surface area contributed by atoms with E-state index >= 15 is 0 Å². The van der Waals surface area contributed by atoms with Crippen molar-refractivity contribution in [1.29, 1.82) is 0 Å². The van der Waals surface area contributed by atoms with Gasteiger partial charge in [-0.05, 0) is 11.6 Å². The fraction of sp³-hybridized carbons (Fsp3) is 0.250. The number of hydrogen-bond acceptors (Lipinski definition) is 3. The fourth-order valence-electron chi connectivity index (χ4n) is 1.01. The fourth-order valence-corrected chi connectivity index (χ4v) is 1.01. The molecule has 7 heteroatoms. The second-order valence-electron chi connectivity index (χ2n) is 2.70. The van der Waals surface area contributed by atoms with Gasteiger partial charge < -0.3 is 16.2 Å². The van der Waals surface area contributed by atoms with E-state index in [4.69, 9.17) is 11.5 Å². The lowest BCUT2D eigenvalue weighted by atomic mass is 10.1. The van der Waals surface area contributed by atoms with Gasteiger partial charge in [0.2, 0.25) is 0 Å². The summed E-state index contributed by atoms with van der Waals surface area (Å²) >= 11 is 0. The molecule has 0 heterocycles. The van der Waals surface area contributed by atoms with Gasteiger partial charge in [-0.25, -0.2) is 4.39 Å². The van der Waals surface area contributed by atoms with E-state index in [1.807, 2.05) is 0 Å². The molecule has 0 atom stereocenters. The molecule has 0 aliphatic heterocycles. The van der Waals surface area contributed by atoms with Crippen molar-refractivity contribution in [3.8, 4) is 5.75 Å². The lowest BCUT2D eigenvalue weighted by Gasteiger charge is -2.13. The third-order valence-electron chi connectivity index (χ3n) is 1.68. The van der Waals surface area contributed by atoms with Gasteiger partial charge in [-0.2, -0.15) is 0 Å². The first-order valence-electron chi connectivity index (χ1n) is 3.88. The van der Waals surface area contributed by atoms with Crippen molar-refractivity contribution in [2.75, 3.05) is 5.73 Å². The molecule has 0 spiro atoms. The summed E-state index contributed by atoms with van der Waals surface area (Å²) in [6, 6.07) is 2.02. The second-order valence-corrected chi connectivity index (χ2v) is 2.70. The highest BCUT2D eigenvalue weighted by Gasteiger charge is 2.33. The number of benzene rings is 1. The summed E-state index contributed by atoms with van der Waals surface area (Å²) in [6.07, 6.45) is -4.98. The summed E-state index contributed by atoms with van der Waals surface area (Å²) in [5.41, 5.74) is 10.2. The maximum absolute atomic E-state index is 13.0. The van der Waals surface area contributed by atoms with Crippen LogP contribution in [0.1, 0.15) is 5.56 Å². The number of nitrogens with two attached hydrogens (primary N) is 2. The van der Waals surface area contributed by atoms with Crippen LogP contribution in [0, 0.1) is 5.82 Å². The third kappa shape index (κ3) is 2.72. The molecule has 1 rings (SSSR count). The molecule has 0 unspecified atom stereocenters. The van der Waals surface area contributed by atoms with Crippen LogP contribution in [0.5, 0.6) is 5.75 Å². The van der Waals surface area contributed by atoms with Crippen LogP contribution in [0.15, 0.2) is 12.1 Å². The molecule has 1 aromatic carbocycles. The number of rotatable bonds is 2. The Balaban J connectivity index is 3.15. The predicted octanol–water partition coefficient (Wildman–Crippen LogP) is 1.77. The Morgan fingerprint density at radius 3 is 2.33 bits per heavy atom. The summed E-state index contributed by atoms with van der Waals surface area (Å²) in [5, 5.41) is 0. The normalized spacial score (nSPS) is 11.5. The molecule has 0 radical (unpaired) electrons. The summed E-state index contributed by atoms with van der Waals surface area (Å²) in [7, 11) is 0. The molecule has 0 aromatic heterocycles. The van der Waals surface area contributed by atoms with E-state index in [0.717, 1.165) is 6.07 Å². The van der Waals surface area contributed by atoms with Gasteiger partial charge in [-0.1, -0.05) is 6.07 Å². The highest BCUT2D eigenvalue weighted by Crippen LogP contribution is 2.33. The van der Waals surface area contributed by atoms with Crippen molar-refractivity contribution >= 4 is 5.69 Å². The molecule has 15 heavy (non-hydrogen) atoms. The number of ether oxygens (including phenoxy) is 1. The summed E-state index contributed by atoms with van der Waals surface area (Å²) in [6.45, 7) is -0.0969. The van der Waals surface area contributed by atoms with Gasteiger partial charge in [0, 0.05) is 6.54 Å². The molecule has 3 nitrogen and oxygen atoms in total. The number of alkyl halides is 3. The van der Waals surface area contributed by atoms with Gasteiger partial charge in [0.25, 0.3) is 0 Å². The van der Waals surface area contributed by atoms with Crippen LogP contribution in [-0.4, -0.2) is 6.36 Å². The van der Waals surface area contributed by atoms with Gasteiger partial charge in [0.1, 0.15) is 0 Å².